The number of rotatable bonds is 1. The zero-order valence-electron chi connectivity index (χ0n) is 11.3. The Balaban J connectivity index is 0.000000257. The summed E-state index contributed by atoms with van der Waals surface area (Å²) >= 11 is -2.24. The van der Waals surface area contributed by atoms with Gasteiger partial charge in [-0.05, 0) is 24.3 Å². The summed E-state index contributed by atoms with van der Waals surface area (Å²) in [5, 5.41) is 0. The van der Waals surface area contributed by atoms with Crippen molar-refractivity contribution in [1.29, 1.82) is 0 Å². The predicted octanol–water partition coefficient (Wildman–Crippen LogP) is 4.79. The first-order valence-electron chi connectivity index (χ1n) is 6.17. The number of benzene rings is 1. The molecule has 1 N–H and O–H groups in total. The molecule has 0 aliphatic heterocycles. The van der Waals surface area contributed by atoms with Crippen molar-refractivity contribution < 1.29 is 0 Å². The van der Waals surface area contributed by atoms with Gasteiger partial charge >= 0.3 is 43.8 Å². The van der Waals surface area contributed by atoms with Crippen LogP contribution in [0, 0.1) is 0 Å². The fraction of sp³-hybridized carbons (Fsp3) is 0.143. The number of nitrogens with one attached hydrogen (secondary N) is 1. The van der Waals surface area contributed by atoms with Crippen LogP contribution in [0.15, 0.2) is 48.7 Å². The summed E-state index contributed by atoms with van der Waals surface area (Å²) in [4.78, 5) is 15.8. The minimum absolute atomic E-state index is 0.816. The SMILES string of the molecule is [CH3][Sn]([CH3])([Cl])[Cl].c1ccc(-c2nc3ccccc3[nH]2)nc1. The summed E-state index contributed by atoms with van der Waals surface area (Å²) in [7, 11) is 11.0. The summed E-state index contributed by atoms with van der Waals surface area (Å²) < 4.78 is 0. The molecule has 20 heavy (non-hydrogen) atoms. The van der Waals surface area contributed by atoms with Gasteiger partial charge in [-0.15, -0.1) is 0 Å². The van der Waals surface area contributed by atoms with Gasteiger partial charge in [0.1, 0.15) is 5.69 Å². The third-order valence-corrected chi connectivity index (χ3v) is 2.30. The molecule has 2 heterocycles. The molecular formula is C14H15Cl2N3Sn. The first-order valence-corrected chi connectivity index (χ1v) is 19.1. The molecule has 0 unspecified atom stereocenters. The maximum atomic E-state index is 5.51. The molecule has 3 nitrogen and oxygen atoms in total. The summed E-state index contributed by atoms with van der Waals surface area (Å²) in [5.41, 5.74) is 2.88. The Morgan fingerprint density at radius 1 is 1.00 bits per heavy atom. The van der Waals surface area contributed by atoms with Crippen LogP contribution in [0.25, 0.3) is 22.6 Å². The fourth-order valence-corrected chi connectivity index (χ4v) is 1.58. The number of pyridine rings is 1. The van der Waals surface area contributed by atoms with Gasteiger partial charge in [-0.1, -0.05) is 18.2 Å². The van der Waals surface area contributed by atoms with Crippen molar-refractivity contribution in [2.45, 2.75) is 9.88 Å². The number of imidazole rings is 1. The van der Waals surface area contributed by atoms with Gasteiger partial charge < -0.3 is 4.98 Å². The molecule has 0 aliphatic rings. The van der Waals surface area contributed by atoms with E-state index in [9.17, 15) is 0 Å². The van der Waals surface area contributed by atoms with Gasteiger partial charge in [-0.3, -0.25) is 4.98 Å². The number of hydrogen-bond donors (Lipinski definition) is 1. The van der Waals surface area contributed by atoms with E-state index in [2.05, 4.69) is 15.0 Å². The maximum absolute atomic E-state index is 5.51. The number of aromatic amines is 1. The van der Waals surface area contributed by atoms with Crippen LogP contribution in [0.4, 0.5) is 0 Å². The Kier molecular flexibility index (Phi) is 5.29. The normalized spacial score (nSPS) is 11.0. The van der Waals surface area contributed by atoms with Crippen LogP contribution >= 0.6 is 17.8 Å². The van der Waals surface area contributed by atoms with Crippen LogP contribution in [0.1, 0.15) is 0 Å². The standard InChI is InChI=1S/C12H9N3.2CH3.2ClH.Sn/c1-2-6-10-9(5-1)14-12(15-10)11-7-3-4-8-13-11;;;;;/h1-8H,(H,14,15);2*1H3;2*1H;/q;;;;;+2/p-2. The predicted molar refractivity (Wildman–Crippen MR) is 88.5 cm³/mol. The van der Waals surface area contributed by atoms with E-state index in [0.29, 0.717) is 0 Å². The monoisotopic (exact) mass is 415 g/mol. The van der Waals surface area contributed by atoms with E-state index >= 15 is 0 Å². The summed E-state index contributed by atoms with van der Waals surface area (Å²) in [5.74, 6) is 0.816. The van der Waals surface area contributed by atoms with Gasteiger partial charge in [0.2, 0.25) is 0 Å². The summed E-state index contributed by atoms with van der Waals surface area (Å²) in [6.07, 6.45) is 1.77. The number of halogens is 2. The minimum Gasteiger partial charge on any atom is -0.337 e. The smallest absolute Gasteiger partial charge is 0.157 e. The molecule has 1 aromatic carbocycles. The van der Waals surface area contributed by atoms with Crippen LogP contribution in [0.3, 0.4) is 0 Å². The summed E-state index contributed by atoms with van der Waals surface area (Å²) in [6, 6.07) is 13.8. The second-order valence-electron chi connectivity index (χ2n) is 4.64. The van der Waals surface area contributed by atoms with E-state index in [-0.39, 0.29) is 0 Å². The van der Waals surface area contributed by atoms with Gasteiger partial charge in [-0.2, -0.15) is 0 Å². The molecule has 104 valence electrons. The number of para-hydroxylation sites is 2. The molecule has 2 aromatic heterocycles. The minimum atomic E-state index is -2.24. The van der Waals surface area contributed by atoms with Crippen LogP contribution in [0.2, 0.25) is 9.88 Å². The first kappa shape index (κ1) is 15.6. The van der Waals surface area contributed by atoms with Crippen molar-refractivity contribution in [2.24, 2.45) is 0 Å². The van der Waals surface area contributed by atoms with E-state index in [1.807, 2.05) is 52.3 Å². The van der Waals surface area contributed by atoms with E-state index < -0.39 is 16.1 Å². The van der Waals surface area contributed by atoms with Gasteiger partial charge in [-0.25, -0.2) is 4.98 Å². The van der Waals surface area contributed by atoms with Gasteiger partial charge in [0.25, 0.3) is 0 Å². The Morgan fingerprint density at radius 3 is 2.25 bits per heavy atom. The Labute approximate surface area is 129 Å². The quantitative estimate of drug-likeness (QED) is 0.581. The third-order valence-electron chi connectivity index (χ3n) is 2.30. The molecule has 0 radical (unpaired) electrons. The maximum Gasteiger partial charge on any atom is 0.157 e. The Hall–Kier alpha value is -0.781. The van der Waals surface area contributed by atoms with Crippen LogP contribution < -0.4 is 0 Å². The zero-order chi connectivity index (χ0) is 14.6. The Morgan fingerprint density at radius 2 is 1.65 bits per heavy atom. The van der Waals surface area contributed by atoms with Crippen molar-refractivity contribution in [1.82, 2.24) is 15.0 Å². The molecule has 0 fully saturated rings. The van der Waals surface area contributed by atoms with E-state index in [1.54, 1.807) is 6.20 Å². The van der Waals surface area contributed by atoms with Crippen molar-refractivity contribution in [3.63, 3.8) is 0 Å². The molecule has 3 rings (SSSR count). The first-order chi connectivity index (χ1) is 9.43. The second-order valence-corrected chi connectivity index (χ2v) is 26.2. The molecule has 3 aromatic rings. The van der Waals surface area contributed by atoms with E-state index in [4.69, 9.17) is 17.8 Å². The molecule has 6 heteroatoms. The van der Waals surface area contributed by atoms with Crippen LogP contribution in [-0.4, -0.2) is 31.1 Å². The topological polar surface area (TPSA) is 41.6 Å². The van der Waals surface area contributed by atoms with Crippen molar-refractivity contribution in [2.75, 3.05) is 0 Å². The zero-order valence-corrected chi connectivity index (χ0v) is 15.6. The van der Waals surface area contributed by atoms with Crippen molar-refractivity contribution in [3.05, 3.63) is 48.7 Å². The van der Waals surface area contributed by atoms with E-state index in [1.165, 1.54) is 0 Å². The molecule has 0 atom stereocenters. The molecule has 0 saturated heterocycles. The third kappa shape index (κ3) is 4.96. The second kappa shape index (κ2) is 6.78. The average Bonchev–Trinajstić information content (AvgIpc) is 2.81. The van der Waals surface area contributed by atoms with Crippen molar-refractivity contribution in [3.8, 4) is 11.5 Å². The number of aromatic nitrogens is 3. The number of H-pyrrole nitrogens is 1. The number of hydrogen-bond acceptors (Lipinski definition) is 2. The molecule has 0 bridgehead atoms. The van der Waals surface area contributed by atoms with Gasteiger partial charge in [0.15, 0.2) is 5.82 Å². The van der Waals surface area contributed by atoms with E-state index in [0.717, 1.165) is 22.6 Å². The molecule has 0 aliphatic carbocycles. The Bertz CT molecular complexity index is 638. The number of nitrogens with zero attached hydrogens (tertiary/aromatic N) is 2. The van der Waals surface area contributed by atoms with Crippen LogP contribution in [-0.2, 0) is 0 Å². The molecule has 0 saturated carbocycles. The van der Waals surface area contributed by atoms with Gasteiger partial charge in [0, 0.05) is 6.20 Å². The van der Waals surface area contributed by atoms with Crippen molar-refractivity contribution >= 4 is 45.0 Å². The largest absolute Gasteiger partial charge is 0.337 e. The van der Waals surface area contributed by atoms with Crippen LogP contribution in [0.5, 0.6) is 0 Å². The number of fused-ring (bicyclic) bond motifs is 1. The molecule has 0 amide bonds. The van der Waals surface area contributed by atoms with Gasteiger partial charge in [0.05, 0.1) is 11.0 Å². The molecular weight excluding hydrogens is 400 g/mol. The molecule has 0 spiro atoms. The summed E-state index contributed by atoms with van der Waals surface area (Å²) in [6.45, 7) is 0. The average molecular weight is 415 g/mol. The fourth-order valence-electron chi connectivity index (χ4n) is 1.58.